The fourth-order valence-electron chi connectivity index (χ4n) is 1.87. The van der Waals surface area contributed by atoms with Gasteiger partial charge in [0, 0.05) is 27.2 Å². The highest BCUT2D eigenvalue weighted by Crippen LogP contribution is 2.19. The molecule has 0 radical (unpaired) electrons. The van der Waals surface area contributed by atoms with Gasteiger partial charge in [0.1, 0.15) is 0 Å². The molecule has 20 heavy (non-hydrogen) atoms. The lowest BCUT2D eigenvalue weighted by atomic mass is 10.0. The molecular weight excluding hydrogens is 336 g/mol. The van der Waals surface area contributed by atoms with Gasteiger partial charge in [-0.3, -0.25) is 4.79 Å². The molecule has 0 saturated heterocycles. The molecule has 0 spiro atoms. The minimum Gasteiger partial charge on any atom is -0.351 e. The monoisotopic (exact) mass is 352 g/mol. The molecule has 106 valence electrons. The lowest BCUT2D eigenvalue weighted by molar-refractivity contribution is -0.121. The lowest BCUT2D eigenvalue weighted by Crippen LogP contribution is -2.23. The van der Waals surface area contributed by atoms with Crippen molar-refractivity contribution in [3.8, 4) is 0 Å². The minimum absolute atomic E-state index is 0.0425. The summed E-state index contributed by atoms with van der Waals surface area (Å²) in [6.07, 6.45) is 1.10. The number of thiophene rings is 1. The Morgan fingerprint density at radius 3 is 2.75 bits per heavy atom. The molecule has 1 atom stereocenters. The standard InChI is InChI=1S/C15H17BrN2OS/c16-12-8-13(20-10-12)9-18-15(19)7-6-14(17)11-4-2-1-3-5-11/h1-5,8,10,14H,6-7,9,17H2,(H,18,19). The van der Waals surface area contributed by atoms with Crippen LogP contribution in [0.15, 0.2) is 46.3 Å². The fourth-order valence-corrected chi connectivity index (χ4v) is 3.26. The van der Waals surface area contributed by atoms with Crippen molar-refractivity contribution < 1.29 is 4.79 Å². The summed E-state index contributed by atoms with van der Waals surface area (Å²) in [5.41, 5.74) is 7.14. The molecule has 0 bridgehead atoms. The van der Waals surface area contributed by atoms with Crippen LogP contribution in [0.1, 0.15) is 29.3 Å². The van der Waals surface area contributed by atoms with E-state index in [9.17, 15) is 4.79 Å². The molecule has 1 heterocycles. The van der Waals surface area contributed by atoms with E-state index in [4.69, 9.17) is 5.73 Å². The summed E-state index contributed by atoms with van der Waals surface area (Å²) in [5.74, 6) is 0.0425. The Balaban J connectivity index is 1.72. The Morgan fingerprint density at radius 2 is 2.10 bits per heavy atom. The van der Waals surface area contributed by atoms with E-state index in [1.807, 2.05) is 41.8 Å². The molecule has 1 aromatic carbocycles. The van der Waals surface area contributed by atoms with Gasteiger partial charge in [0.2, 0.25) is 5.91 Å². The van der Waals surface area contributed by atoms with Gasteiger partial charge in [-0.05, 0) is 34.0 Å². The Labute approximate surface area is 131 Å². The largest absolute Gasteiger partial charge is 0.351 e. The number of nitrogens with one attached hydrogen (secondary N) is 1. The Bertz CT molecular complexity index is 556. The Hall–Kier alpha value is -1.17. The van der Waals surface area contributed by atoms with Crippen LogP contribution in [0.4, 0.5) is 0 Å². The van der Waals surface area contributed by atoms with E-state index in [1.54, 1.807) is 11.3 Å². The van der Waals surface area contributed by atoms with E-state index >= 15 is 0 Å². The van der Waals surface area contributed by atoms with Crippen LogP contribution in [0.5, 0.6) is 0 Å². The number of hydrogen-bond donors (Lipinski definition) is 2. The second kappa shape index (κ2) is 7.57. The predicted octanol–water partition coefficient (Wildman–Crippen LogP) is 3.61. The zero-order valence-corrected chi connectivity index (χ0v) is 13.4. The molecule has 1 aromatic heterocycles. The van der Waals surface area contributed by atoms with Crippen LogP contribution < -0.4 is 11.1 Å². The molecule has 0 saturated carbocycles. The van der Waals surface area contributed by atoms with Crippen LogP contribution in [0.25, 0.3) is 0 Å². The second-order valence-corrected chi connectivity index (χ2v) is 6.48. The number of amides is 1. The quantitative estimate of drug-likeness (QED) is 0.834. The lowest BCUT2D eigenvalue weighted by Gasteiger charge is -2.11. The first kappa shape index (κ1) is 15.2. The van der Waals surface area contributed by atoms with Crippen LogP contribution in [0.2, 0.25) is 0 Å². The molecular formula is C15H17BrN2OS. The summed E-state index contributed by atoms with van der Waals surface area (Å²) in [4.78, 5) is 12.9. The van der Waals surface area contributed by atoms with Crippen LogP contribution in [-0.2, 0) is 11.3 Å². The van der Waals surface area contributed by atoms with E-state index in [0.29, 0.717) is 19.4 Å². The first-order chi connectivity index (χ1) is 9.65. The highest BCUT2D eigenvalue weighted by Gasteiger charge is 2.09. The van der Waals surface area contributed by atoms with Gasteiger partial charge in [-0.25, -0.2) is 0 Å². The molecule has 3 nitrogen and oxygen atoms in total. The summed E-state index contributed by atoms with van der Waals surface area (Å²) in [5, 5.41) is 4.92. The van der Waals surface area contributed by atoms with Gasteiger partial charge in [-0.1, -0.05) is 30.3 Å². The number of benzene rings is 1. The van der Waals surface area contributed by atoms with E-state index in [1.165, 1.54) is 0 Å². The number of carbonyl (C=O) groups excluding carboxylic acids is 1. The zero-order chi connectivity index (χ0) is 14.4. The molecule has 2 aromatic rings. The average Bonchev–Trinajstić information content (AvgIpc) is 2.89. The maximum atomic E-state index is 11.8. The smallest absolute Gasteiger partial charge is 0.220 e. The van der Waals surface area contributed by atoms with E-state index in [-0.39, 0.29) is 11.9 Å². The highest BCUT2D eigenvalue weighted by molar-refractivity contribution is 9.10. The van der Waals surface area contributed by atoms with Crippen molar-refractivity contribution in [1.82, 2.24) is 5.32 Å². The van der Waals surface area contributed by atoms with E-state index in [2.05, 4.69) is 21.2 Å². The topological polar surface area (TPSA) is 55.1 Å². The first-order valence-corrected chi connectivity index (χ1v) is 8.12. The van der Waals surface area contributed by atoms with Gasteiger partial charge in [0.25, 0.3) is 0 Å². The number of nitrogens with two attached hydrogens (primary N) is 1. The van der Waals surface area contributed by atoms with Gasteiger partial charge in [-0.2, -0.15) is 0 Å². The van der Waals surface area contributed by atoms with Crippen molar-refractivity contribution >= 4 is 33.2 Å². The molecule has 3 N–H and O–H groups in total. The molecule has 0 aliphatic heterocycles. The normalized spacial score (nSPS) is 12.1. The maximum Gasteiger partial charge on any atom is 0.220 e. The second-order valence-electron chi connectivity index (χ2n) is 4.56. The summed E-state index contributed by atoms with van der Waals surface area (Å²) in [7, 11) is 0. The Kier molecular flexibility index (Phi) is 5.76. The molecule has 5 heteroatoms. The maximum absolute atomic E-state index is 11.8. The third-order valence-corrected chi connectivity index (χ3v) is 4.69. The van der Waals surface area contributed by atoms with Crippen molar-refractivity contribution in [1.29, 1.82) is 0 Å². The van der Waals surface area contributed by atoms with Gasteiger partial charge in [0.05, 0.1) is 6.54 Å². The minimum atomic E-state index is -0.0853. The molecule has 1 unspecified atom stereocenters. The third kappa shape index (κ3) is 4.74. The third-order valence-electron chi connectivity index (χ3n) is 2.99. The Morgan fingerprint density at radius 1 is 1.35 bits per heavy atom. The van der Waals surface area contributed by atoms with Crippen molar-refractivity contribution in [2.75, 3.05) is 0 Å². The van der Waals surface area contributed by atoms with Gasteiger partial charge >= 0.3 is 0 Å². The van der Waals surface area contributed by atoms with Gasteiger partial charge in [-0.15, -0.1) is 11.3 Å². The highest BCUT2D eigenvalue weighted by atomic mass is 79.9. The van der Waals surface area contributed by atoms with Crippen LogP contribution in [-0.4, -0.2) is 5.91 Å². The SMILES string of the molecule is NC(CCC(=O)NCc1cc(Br)cs1)c1ccccc1. The van der Waals surface area contributed by atoms with Crippen molar-refractivity contribution in [3.63, 3.8) is 0 Å². The van der Waals surface area contributed by atoms with Crippen LogP contribution in [0, 0.1) is 0 Å². The van der Waals surface area contributed by atoms with Gasteiger partial charge in [0.15, 0.2) is 0 Å². The van der Waals surface area contributed by atoms with E-state index in [0.717, 1.165) is 14.9 Å². The molecule has 1 amide bonds. The summed E-state index contributed by atoms with van der Waals surface area (Å²) < 4.78 is 1.05. The van der Waals surface area contributed by atoms with Crippen molar-refractivity contribution in [2.24, 2.45) is 5.73 Å². The summed E-state index contributed by atoms with van der Waals surface area (Å²) >= 11 is 5.02. The zero-order valence-electron chi connectivity index (χ0n) is 11.0. The fraction of sp³-hybridized carbons (Fsp3) is 0.267. The van der Waals surface area contributed by atoms with Crippen LogP contribution in [0.3, 0.4) is 0 Å². The first-order valence-electron chi connectivity index (χ1n) is 6.45. The van der Waals surface area contributed by atoms with Crippen molar-refractivity contribution in [2.45, 2.75) is 25.4 Å². The predicted molar refractivity (Wildman–Crippen MR) is 86.5 cm³/mol. The summed E-state index contributed by atoms with van der Waals surface area (Å²) in [6.45, 7) is 0.579. The molecule has 0 fully saturated rings. The molecule has 2 rings (SSSR count). The number of carbonyl (C=O) groups is 1. The molecule has 0 aliphatic rings. The number of halogens is 1. The number of rotatable bonds is 6. The van der Waals surface area contributed by atoms with E-state index < -0.39 is 0 Å². The number of hydrogen-bond acceptors (Lipinski definition) is 3. The summed E-state index contributed by atoms with van der Waals surface area (Å²) in [6, 6.07) is 11.8. The average molecular weight is 353 g/mol. The van der Waals surface area contributed by atoms with Gasteiger partial charge < -0.3 is 11.1 Å². The van der Waals surface area contributed by atoms with Crippen LogP contribution >= 0.6 is 27.3 Å². The van der Waals surface area contributed by atoms with Crippen molar-refractivity contribution in [3.05, 3.63) is 56.7 Å². The molecule has 0 aliphatic carbocycles.